The van der Waals surface area contributed by atoms with Gasteiger partial charge in [-0.15, -0.1) is 10.2 Å². The number of unbranched alkanes of at least 4 members (excludes halogenated alkanes) is 10. The molecule has 1 amide bonds. The van der Waals surface area contributed by atoms with Crippen molar-refractivity contribution in [3.63, 3.8) is 0 Å². The molecule has 2 N–H and O–H groups in total. The average molecular weight is 393 g/mol. The molecule has 1 heterocycles. The summed E-state index contributed by atoms with van der Waals surface area (Å²) in [4.78, 5) is 12.0. The van der Waals surface area contributed by atoms with Crippen molar-refractivity contribution in [3.05, 3.63) is 18.5 Å². The van der Waals surface area contributed by atoms with Crippen LogP contribution in [0.1, 0.15) is 117 Å². The smallest absolute Gasteiger partial charge is 0.223 e. The molecule has 0 aromatic carbocycles. The van der Waals surface area contributed by atoms with Crippen LogP contribution in [-0.4, -0.2) is 21.3 Å². The highest BCUT2D eigenvalue weighted by atomic mass is 16.1. The summed E-state index contributed by atoms with van der Waals surface area (Å²) < 4.78 is 0. The van der Waals surface area contributed by atoms with E-state index in [1.54, 1.807) is 18.5 Å². The second kappa shape index (κ2) is 18.8. The Morgan fingerprint density at radius 1 is 0.750 bits per heavy atom. The minimum absolute atomic E-state index is 0.0582. The van der Waals surface area contributed by atoms with Gasteiger partial charge in [0.15, 0.2) is 0 Å². The molecule has 162 valence electrons. The van der Waals surface area contributed by atoms with Gasteiger partial charge >= 0.3 is 0 Å². The molecular weight excluding hydrogens is 348 g/mol. The van der Waals surface area contributed by atoms with Crippen molar-refractivity contribution in [1.29, 1.82) is 0 Å². The summed E-state index contributed by atoms with van der Waals surface area (Å²) in [5, 5.41) is 10.1. The topological polar surface area (TPSA) is 81.8 Å². The number of rotatable bonds is 16. The zero-order valence-corrected chi connectivity index (χ0v) is 18.7. The van der Waals surface area contributed by atoms with Crippen LogP contribution in [0.15, 0.2) is 18.5 Å². The average Bonchev–Trinajstić information content (AvgIpc) is 2.73. The number of nitrogens with zero attached hydrogens (tertiary/aromatic N) is 3. The lowest BCUT2D eigenvalue weighted by molar-refractivity contribution is -0.129. The van der Waals surface area contributed by atoms with Crippen molar-refractivity contribution in [1.82, 2.24) is 15.4 Å². The van der Waals surface area contributed by atoms with E-state index in [0.29, 0.717) is 0 Å². The largest absolute Gasteiger partial charge is 0.369 e. The van der Waals surface area contributed by atoms with Crippen LogP contribution in [0.3, 0.4) is 0 Å². The van der Waals surface area contributed by atoms with E-state index in [1.807, 2.05) is 0 Å². The van der Waals surface area contributed by atoms with Gasteiger partial charge in [-0.05, 0) is 30.5 Å². The summed E-state index contributed by atoms with van der Waals surface area (Å²) in [7, 11) is 0. The minimum atomic E-state index is -0.227. The van der Waals surface area contributed by atoms with E-state index in [-0.39, 0.29) is 11.3 Å². The monoisotopic (exact) mass is 392 g/mol. The highest BCUT2D eigenvalue weighted by molar-refractivity contribution is 5.80. The lowest BCUT2D eigenvalue weighted by Crippen LogP contribution is -2.36. The van der Waals surface area contributed by atoms with E-state index in [2.05, 4.69) is 36.2 Å². The molecule has 0 bridgehead atoms. The normalized spacial score (nSPS) is 11.0. The molecule has 0 fully saturated rings. The third-order valence-corrected chi connectivity index (χ3v) is 5.63. The number of amides is 1. The van der Waals surface area contributed by atoms with Gasteiger partial charge in [0.1, 0.15) is 0 Å². The molecule has 5 heteroatoms. The highest BCUT2D eigenvalue weighted by Gasteiger charge is 2.33. The van der Waals surface area contributed by atoms with Crippen LogP contribution in [0.25, 0.3) is 0 Å². The number of hydrogen-bond acceptors (Lipinski definition) is 4. The van der Waals surface area contributed by atoms with Crippen molar-refractivity contribution >= 4 is 5.91 Å². The predicted octanol–water partition coefficient (Wildman–Crippen LogP) is 6.24. The Balaban J connectivity index is 0.00000102. The number of primary amides is 1. The lowest BCUT2D eigenvalue weighted by Gasteiger charge is -2.29. The van der Waals surface area contributed by atoms with Gasteiger partial charge in [0.2, 0.25) is 5.91 Å². The van der Waals surface area contributed by atoms with Gasteiger partial charge in [-0.3, -0.25) is 4.79 Å². The van der Waals surface area contributed by atoms with Crippen LogP contribution in [0.5, 0.6) is 0 Å². The van der Waals surface area contributed by atoms with Crippen molar-refractivity contribution in [2.45, 2.75) is 117 Å². The molecule has 0 radical (unpaired) electrons. The molecule has 1 aromatic heterocycles. The molecule has 28 heavy (non-hydrogen) atoms. The fourth-order valence-corrected chi connectivity index (χ4v) is 3.59. The van der Waals surface area contributed by atoms with Crippen molar-refractivity contribution in [2.24, 2.45) is 11.1 Å². The van der Waals surface area contributed by atoms with Crippen molar-refractivity contribution < 1.29 is 4.79 Å². The zero-order valence-electron chi connectivity index (χ0n) is 18.7. The summed E-state index contributed by atoms with van der Waals surface area (Å²) in [6, 6.07) is 1.72. The Bertz CT molecular complexity index is 410. The first-order chi connectivity index (χ1) is 13.6. The van der Waals surface area contributed by atoms with Gasteiger partial charge in [0.25, 0.3) is 0 Å². The first-order valence-corrected chi connectivity index (χ1v) is 11.5. The van der Waals surface area contributed by atoms with Crippen LogP contribution in [0.2, 0.25) is 0 Å². The number of hydrogen-bond donors (Lipinski definition) is 1. The summed E-state index contributed by atoms with van der Waals surface area (Å²) in [5.74, 6) is -0.0582. The van der Waals surface area contributed by atoms with Gasteiger partial charge < -0.3 is 5.73 Å². The van der Waals surface area contributed by atoms with Crippen LogP contribution in [0, 0.1) is 5.41 Å². The summed E-state index contributed by atoms with van der Waals surface area (Å²) in [6.07, 6.45) is 21.4. The number of nitrogens with two attached hydrogens (primary N) is 1. The highest BCUT2D eigenvalue weighted by Crippen LogP contribution is 2.35. The molecule has 0 spiro atoms. The summed E-state index contributed by atoms with van der Waals surface area (Å²) in [6.45, 7) is 6.63. The van der Waals surface area contributed by atoms with Gasteiger partial charge in [-0.2, -0.15) is 0 Å². The van der Waals surface area contributed by atoms with E-state index in [4.69, 9.17) is 5.73 Å². The first-order valence-electron chi connectivity index (χ1n) is 11.5. The van der Waals surface area contributed by atoms with Gasteiger partial charge in [0, 0.05) is 5.41 Å². The van der Waals surface area contributed by atoms with Crippen molar-refractivity contribution in [2.75, 3.05) is 0 Å². The molecule has 0 aliphatic carbocycles. The lowest BCUT2D eigenvalue weighted by atomic mass is 9.75. The SMILES string of the molecule is CCCCCCCCC(CC)(CCCCCCCC)C(N)=O.c1cnnnc1. The fraction of sp³-hybridized carbons (Fsp3) is 0.826. The molecule has 5 nitrogen and oxygen atoms in total. The van der Waals surface area contributed by atoms with Crippen molar-refractivity contribution in [3.8, 4) is 0 Å². The van der Waals surface area contributed by atoms with E-state index in [0.717, 1.165) is 32.1 Å². The predicted molar refractivity (Wildman–Crippen MR) is 118 cm³/mol. The van der Waals surface area contributed by atoms with E-state index >= 15 is 0 Å². The Labute approximate surface area is 173 Å². The van der Waals surface area contributed by atoms with Crippen LogP contribution in [-0.2, 0) is 4.79 Å². The van der Waals surface area contributed by atoms with E-state index in [1.165, 1.54) is 64.2 Å². The molecule has 0 aliphatic heterocycles. The minimum Gasteiger partial charge on any atom is -0.369 e. The Morgan fingerprint density at radius 2 is 1.18 bits per heavy atom. The van der Waals surface area contributed by atoms with Crippen LogP contribution < -0.4 is 5.73 Å². The third-order valence-electron chi connectivity index (χ3n) is 5.63. The molecule has 0 aliphatic rings. The zero-order chi connectivity index (χ0) is 20.9. The molecular formula is C23H44N4O. The second-order valence-corrected chi connectivity index (χ2v) is 7.84. The quantitative estimate of drug-likeness (QED) is 0.337. The Hall–Kier alpha value is -1.52. The van der Waals surface area contributed by atoms with E-state index in [9.17, 15) is 4.79 Å². The molecule has 0 saturated heterocycles. The van der Waals surface area contributed by atoms with E-state index < -0.39 is 0 Å². The standard InChI is InChI=1S/C20H41NO.C3H3N3/c1-4-7-9-11-13-15-17-20(6-3,19(21)22)18-16-14-12-10-8-5-2;1-2-4-6-5-3-1/h4-18H2,1-3H3,(H2,21,22);1-3H. The molecule has 0 atom stereocenters. The molecule has 1 aromatic rings. The van der Waals surface area contributed by atoms with Gasteiger partial charge in [0.05, 0.1) is 12.4 Å². The van der Waals surface area contributed by atoms with Gasteiger partial charge in [-0.25, -0.2) is 0 Å². The number of carbonyl (C=O) groups is 1. The van der Waals surface area contributed by atoms with Crippen LogP contribution in [0.4, 0.5) is 0 Å². The summed E-state index contributed by atoms with van der Waals surface area (Å²) >= 11 is 0. The molecule has 0 unspecified atom stereocenters. The maximum Gasteiger partial charge on any atom is 0.223 e. The number of aromatic nitrogens is 3. The Morgan fingerprint density at radius 3 is 1.46 bits per heavy atom. The first kappa shape index (κ1) is 26.5. The van der Waals surface area contributed by atoms with Crippen LogP contribution >= 0.6 is 0 Å². The Kier molecular flexibility index (Phi) is 17.8. The maximum absolute atomic E-state index is 12.0. The molecule has 1 rings (SSSR count). The summed E-state index contributed by atoms with van der Waals surface area (Å²) in [5.41, 5.74) is 5.54. The maximum atomic E-state index is 12.0. The fourth-order valence-electron chi connectivity index (χ4n) is 3.59. The second-order valence-electron chi connectivity index (χ2n) is 7.84. The molecule has 0 saturated carbocycles. The third kappa shape index (κ3) is 13.6. The van der Waals surface area contributed by atoms with Gasteiger partial charge in [-0.1, -0.05) is 97.8 Å². The number of carbonyl (C=O) groups excluding carboxylic acids is 1.